The number of hydrogen-bond donors (Lipinski definition) is 2. The molecule has 5 rings (SSSR count). The molecule has 1 saturated heterocycles. The second-order valence-corrected chi connectivity index (χ2v) is 10.7. The number of amides is 3. The summed E-state index contributed by atoms with van der Waals surface area (Å²) in [6.45, 7) is 0.365. The molecular weight excluding hydrogens is 561 g/mol. The van der Waals surface area contributed by atoms with Crippen LogP contribution >= 0.6 is 47.2 Å². The number of nitrogens with one attached hydrogen (secondary N) is 2. The first-order valence-electron chi connectivity index (χ1n) is 11.4. The van der Waals surface area contributed by atoms with Gasteiger partial charge in [-0.2, -0.15) is 5.01 Å². The van der Waals surface area contributed by atoms with Crippen molar-refractivity contribution in [2.45, 2.75) is 6.61 Å². The van der Waals surface area contributed by atoms with Gasteiger partial charge in [0.25, 0.3) is 5.91 Å². The van der Waals surface area contributed by atoms with E-state index in [4.69, 9.17) is 40.2 Å². The van der Waals surface area contributed by atoms with Gasteiger partial charge in [0.15, 0.2) is 4.32 Å². The Balaban J connectivity index is 1.29. The summed E-state index contributed by atoms with van der Waals surface area (Å²) in [5, 5.41) is 6.54. The van der Waals surface area contributed by atoms with Gasteiger partial charge in [0.2, 0.25) is 0 Å². The summed E-state index contributed by atoms with van der Waals surface area (Å²) in [4.78, 5) is 25.9. The molecule has 190 valence electrons. The molecular formula is C28H19Cl2N3O3S2. The Labute approximate surface area is 238 Å². The number of benzene rings is 4. The molecule has 6 nitrogen and oxygen atoms in total. The van der Waals surface area contributed by atoms with Gasteiger partial charge in [-0.1, -0.05) is 95.6 Å². The Bertz CT molecular complexity index is 1600. The fraction of sp³-hybridized carbons (Fsp3) is 0.0357. The second-order valence-electron chi connectivity index (χ2n) is 8.18. The molecule has 0 unspecified atom stereocenters. The predicted octanol–water partition coefficient (Wildman–Crippen LogP) is 7.66. The van der Waals surface area contributed by atoms with E-state index in [1.165, 1.54) is 6.07 Å². The summed E-state index contributed by atoms with van der Waals surface area (Å²) in [5.41, 5.74) is 4.66. The molecule has 3 amide bonds. The van der Waals surface area contributed by atoms with Crippen LogP contribution in [0.25, 0.3) is 16.8 Å². The fourth-order valence-electron chi connectivity index (χ4n) is 3.84. The smallest absolute Gasteiger partial charge is 0.338 e. The average molecular weight is 581 g/mol. The zero-order valence-corrected chi connectivity index (χ0v) is 22.8. The van der Waals surface area contributed by atoms with Gasteiger partial charge >= 0.3 is 6.03 Å². The molecule has 0 aliphatic carbocycles. The van der Waals surface area contributed by atoms with Crippen LogP contribution in [0.2, 0.25) is 10.0 Å². The van der Waals surface area contributed by atoms with Crippen molar-refractivity contribution in [3.8, 4) is 5.75 Å². The average Bonchev–Trinajstić information content (AvgIpc) is 3.17. The van der Waals surface area contributed by atoms with Crippen LogP contribution in [0.1, 0.15) is 11.1 Å². The van der Waals surface area contributed by atoms with Crippen molar-refractivity contribution >= 4 is 86.0 Å². The van der Waals surface area contributed by atoms with Crippen molar-refractivity contribution in [3.05, 3.63) is 111 Å². The summed E-state index contributed by atoms with van der Waals surface area (Å²) in [6, 6.07) is 25.7. The van der Waals surface area contributed by atoms with Crippen LogP contribution in [-0.4, -0.2) is 21.3 Å². The number of thiocarbonyl (C=S) groups is 1. The van der Waals surface area contributed by atoms with Crippen LogP contribution in [-0.2, 0) is 11.4 Å². The molecule has 4 aromatic rings. The van der Waals surface area contributed by atoms with Gasteiger partial charge in [0, 0.05) is 11.3 Å². The Kier molecular flexibility index (Phi) is 7.85. The summed E-state index contributed by atoms with van der Waals surface area (Å²) in [6.07, 6.45) is 1.70. The number of carbonyl (C=O) groups is 2. The van der Waals surface area contributed by atoms with Crippen LogP contribution in [0.15, 0.2) is 89.8 Å². The molecule has 10 heteroatoms. The highest BCUT2D eigenvalue weighted by Crippen LogP contribution is 2.34. The fourth-order valence-corrected chi connectivity index (χ4v) is 5.31. The highest BCUT2D eigenvalue weighted by atomic mass is 35.5. The number of halogens is 2. The van der Waals surface area contributed by atoms with Gasteiger partial charge in [0.1, 0.15) is 12.4 Å². The first-order valence-corrected chi connectivity index (χ1v) is 13.4. The van der Waals surface area contributed by atoms with E-state index in [0.717, 1.165) is 33.1 Å². The van der Waals surface area contributed by atoms with E-state index in [2.05, 4.69) is 28.9 Å². The number of urea groups is 1. The minimum atomic E-state index is -0.653. The molecule has 0 radical (unpaired) electrons. The third-order valence-corrected chi connectivity index (χ3v) is 7.69. The minimum absolute atomic E-state index is 0.194. The molecule has 0 aromatic heterocycles. The summed E-state index contributed by atoms with van der Waals surface area (Å²) in [5.74, 6) is 0.171. The Morgan fingerprint density at radius 3 is 2.58 bits per heavy atom. The first kappa shape index (κ1) is 26.1. The summed E-state index contributed by atoms with van der Waals surface area (Å²) < 4.78 is 6.36. The van der Waals surface area contributed by atoms with Gasteiger partial charge in [-0.25, -0.2) is 10.2 Å². The SMILES string of the molecule is O=C(Nc1ccc(Cl)c(Cl)c1)NN1C(=O)/C(=C/c2ccccc2OCc2cccc3ccccc23)SC1=S. The molecule has 0 saturated carbocycles. The highest BCUT2D eigenvalue weighted by molar-refractivity contribution is 8.26. The van der Waals surface area contributed by atoms with Crippen molar-refractivity contribution in [2.75, 3.05) is 5.32 Å². The van der Waals surface area contributed by atoms with Crippen LogP contribution in [0.4, 0.5) is 10.5 Å². The number of fused-ring (bicyclic) bond motifs is 1. The Morgan fingerprint density at radius 1 is 0.974 bits per heavy atom. The maximum atomic E-state index is 13.1. The maximum absolute atomic E-state index is 13.1. The molecule has 1 aliphatic rings. The van der Waals surface area contributed by atoms with Gasteiger partial charge in [0.05, 0.1) is 15.0 Å². The maximum Gasteiger partial charge on any atom is 0.338 e. The lowest BCUT2D eigenvalue weighted by molar-refractivity contribution is -0.123. The Morgan fingerprint density at radius 2 is 1.74 bits per heavy atom. The largest absolute Gasteiger partial charge is 0.488 e. The van der Waals surface area contributed by atoms with Gasteiger partial charge in [-0.05, 0) is 58.9 Å². The van der Waals surface area contributed by atoms with Crippen LogP contribution in [0, 0.1) is 0 Å². The quantitative estimate of drug-likeness (QED) is 0.181. The van der Waals surface area contributed by atoms with E-state index in [1.54, 1.807) is 18.2 Å². The van der Waals surface area contributed by atoms with E-state index in [-0.39, 0.29) is 4.32 Å². The summed E-state index contributed by atoms with van der Waals surface area (Å²) in [7, 11) is 0. The molecule has 4 aromatic carbocycles. The third-order valence-electron chi connectivity index (χ3n) is 5.65. The number of carbonyl (C=O) groups excluding carboxylic acids is 2. The van der Waals surface area contributed by atoms with E-state index < -0.39 is 11.9 Å². The zero-order chi connectivity index (χ0) is 26.6. The third kappa shape index (κ3) is 5.79. The van der Waals surface area contributed by atoms with Crippen molar-refractivity contribution in [3.63, 3.8) is 0 Å². The standard InChI is InChI=1S/C28H19Cl2N3O3S2/c29-22-13-12-20(15-23(22)30)31-27(35)32-33-26(34)25(38-28(33)37)14-18-7-2-4-11-24(18)36-16-19-9-5-8-17-6-1-3-10-21(17)19/h1-15H,16H2,(H2,31,32,35)/b25-14-. The van der Waals surface area contributed by atoms with Gasteiger partial charge in [-0.3, -0.25) is 4.79 Å². The van der Waals surface area contributed by atoms with Crippen LogP contribution < -0.4 is 15.5 Å². The molecule has 0 spiro atoms. The molecule has 1 heterocycles. The van der Waals surface area contributed by atoms with E-state index in [0.29, 0.717) is 38.6 Å². The van der Waals surface area contributed by atoms with Crippen molar-refractivity contribution in [1.29, 1.82) is 0 Å². The van der Waals surface area contributed by atoms with Crippen molar-refractivity contribution < 1.29 is 14.3 Å². The number of anilines is 1. The lowest BCUT2D eigenvalue weighted by atomic mass is 10.1. The number of para-hydroxylation sites is 1. The van der Waals surface area contributed by atoms with Gasteiger partial charge < -0.3 is 10.1 Å². The number of hydrogen-bond acceptors (Lipinski definition) is 5. The summed E-state index contributed by atoms with van der Waals surface area (Å²) >= 11 is 18.3. The van der Waals surface area contributed by atoms with Crippen LogP contribution in [0.3, 0.4) is 0 Å². The topological polar surface area (TPSA) is 70.7 Å². The zero-order valence-electron chi connectivity index (χ0n) is 19.6. The molecule has 0 bridgehead atoms. The Hall–Kier alpha value is -3.56. The minimum Gasteiger partial charge on any atom is -0.488 e. The molecule has 0 atom stereocenters. The predicted molar refractivity (Wildman–Crippen MR) is 158 cm³/mol. The number of rotatable bonds is 6. The number of nitrogens with zero attached hydrogens (tertiary/aromatic N) is 1. The molecule has 1 aliphatic heterocycles. The highest BCUT2D eigenvalue weighted by Gasteiger charge is 2.34. The lowest BCUT2D eigenvalue weighted by Gasteiger charge is -2.16. The lowest BCUT2D eigenvalue weighted by Crippen LogP contribution is -2.46. The van der Waals surface area contributed by atoms with E-state index >= 15 is 0 Å². The second kappa shape index (κ2) is 11.4. The van der Waals surface area contributed by atoms with Crippen molar-refractivity contribution in [2.24, 2.45) is 0 Å². The van der Waals surface area contributed by atoms with E-state index in [9.17, 15) is 9.59 Å². The number of hydrazine groups is 1. The molecule has 2 N–H and O–H groups in total. The number of thioether (sulfide) groups is 1. The van der Waals surface area contributed by atoms with E-state index in [1.807, 2.05) is 48.5 Å². The number of ether oxygens (including phenoxy) is 1. The molecule has 1 fully saturated rings. The normalized spacial score (nSPS) is 14.3. The first-order chi connectivity index (χ1) is 18.4. The van der Waals surface area contributed by atoms with Crippen LogP contribution in [0.5, 0.6) is 5.75 Å². The molecule has 38 heavy (non-hydrogen) atoms. The monoisotopic (exact) mass is 579 g/mol. The van der Waals surface area contributed by atoms with Gasteiger partial charge in [-0.15, -0.1) is 0 Å². The van der Waals surface area contributed by atoms with Crippen molar-refractivity contribution in [1.82, 2.24) is 10.4 Å².